The fourth-order valence-corrected chi connectivity index (χ4v) is 3.22. The Hall–Kier alpha value is -3.28. The molecule has 2 amide bonds. The molecule has 0 saturated carbocycles. The van der Waals surface area contributed by atoms with Crippen molar-refractivity contribution in [2.24, 2.45) is 0 Å². The van der Waals surface area contributed by atoms with Crippen LogP contribution in [0.5, 0.6) is 5.75 Å². The van der Waals surface area contributed by atoms with Gasteiger partial charge in [0, 0.05) is 5.56 Å². The highest BCUT2D eigenvalue weighted by Gasteiger charge is 2.32. The van der Waals surface area contributed by atoms with E-state index in [-0.39, 0.29) is 18.2 Å². The second-order valence-corrected chi connectivity index (χ2v) is 6.33. The number of para-hydroxylation sites is 2. The number of aromatic nitrogens is 2. The second kappa shape index (κ2) is 6.55. The SMILES string of the molecule is Cc1c(NC(=O)NC2c3ccccc3OC2C)cnn1-c1ccccc1. The van der Waals surface area contributed by atoms with Crippen LogP contribution in [0.15, 0.2) is 60.8 Å². The number of anilines is 1. The number of hydrogen-bond donors (Lipinski definition) is 2. The number of hydrogen-bond acceptors (Lipinski definition) is 3. The molecule has 2 unspecified atom stereocenters. The lowest BCUT2D eigenvalue weighted by Gasteiger charge is -2.17. The molecule has 0 radical (unpaired) electrons. The van der Waals surface area contributed by atoms with Gasteiger partial charge in [-0.2, -0.15) is 5.10 Å². The Bertz CT molecular complexity index is 936. The zero-order valence-electron chi connectivity index (χ0n) is 14.6. The lowest BCUT2D eigenvalue weighted by Crippen LogP contribution is -2.36. The maximum Gasteiger partial charge on any atom is 0.319 e. The number of urea groups is 1. The van der Waals surface area contributed by atoms with Crippen LogP contribution in [0.4, 0.5) is 10.5 Å². The molecule has 26 heavy (non-hydrogen) atoms. The van der Waals surface area contributed by atoms with Crippen LogP contribution in [0, 0.1) is 6.92 Å². The molecule has 2 heterocycles. The molecular formula is C20H20N4O2. The molecule has 0 bridgehead atoms. The van der Waals surface area contributed by atoms with Crippen LogP contribution < -0.4 is 15.4 Å². The molecule has 0 saturated heterocycles. The van der Waals surface area contributed by atoms with E-state index in [1.807, 2.05) is 68.4 Å². The maximum atomic E-state index is 12.5. The van der Waals surface area contributed by atoms with Crippen molar-refractivity contribution < 1.29 is 9.53 Å². The van der Waals surface area contributed by atoms with Crippen LogP contribution in [0.1, 0.15) is 24.2 Å². The summed E-state index contributed by atoms with van der Waals surface area (Å²) in [4.78, 5) is 12.5. The van der Waals surface area contributed by atoms with Crippen LogP contribution >= 0.6 is 0 Å². The second-order valence-electron chi connectivity index (χ2n) is 6.33. The van der Waals surface area contributed by atoms with Crippen LogP contribution in [0.25, 0.3) is 5.69 Å². The van der Waals surface area contributed by atoms with Gasteiger partial charge in [0.05, 0.1) is 29.3 Å². The third-order valence-electron chi connectivity index (χ3n) is 4.58. The number of carbonyl (C=O) groups excluding carboxylic acids is 1. The highest BCUT2D eigenvalue weighted by Crippen LogP contribution is 2.36. The van der Waals surface area contributed by atoms with E-state index >= 15 is 0 Å². The summed E-state index contributed by atoms with van der Waals surface area (Å²) in [6, 6.07) is 17.1. The van der Waals surface area contributed by atoms with Gasteiger partial charge in [-0.05, 0) is 32.0 Å². The average Bonchev–Trinajstić information content (AvgIpc) is 3.16. The molecule has 1 aliphatic heterocycles. The van der Waals surface area contributed by atoms with E-state index in [0.717, 1.165) is 22.7 Å². The molecule has 6 nitrogen and oxygen atoms in total. The van der Waals surface area contributed by atoms with E-state index in [4.69, 9.17) is 4.74 Å². The summed E-state index contributed by atoms with van der Waals surface area (Å²) in [5.41, 5.74) is 3.48. The number of nitrogens with zero attached hydrogens (tertiary/aromatic N) is 2. The van der Waals surface area contributed by atoms with Crippen LogP contribution in [0.2, 0.25) is 0 Å². The summed E-state index contributed by atoms with van der Waals surface area (Å²) in [5.74, 6) is 0.818. The predicted octanol–water partition coefficient (Wildman–Crippen LogP) is 3.82. The van der Waals surface area contributed by atoms with E-state index < -0.39 is 0 Å². The standard InChI is InChI=1S/C20H20N4O2/c1-13-17(12-21-24(13)15-8-4-3-5-9-15)22-20(25)23-19-14(2)26-18-11-7-6-10-16(18)19/h3-12,14,19H,1-2H3,(H2,22,23,25). The molecule has 1 aliphatic rings. The van der Waals surface area contributed by atoms with Crippen molar-refractivity contribution in [2.75, 3.05) is 5.32 Å². The molecular weight excluding hydrogens is 328 g/mol. The van der Waals surface area contributed by atoms with Gasteiger partial charge < -0.3 is 15.4 Å². The molecule has 2 aromatic carbocycles. The molecule has 2 atom stereocenters. The van der Waals surface area contributed by atoms with Crippen molar-refractivity contribution in [3.63, 3.8) is 0 Å². The molecule has 4 rings (SSSR count). The van der Waals surface area contributed by atoms with Crippen LogP contribution in [-0.2, 0) is 0 Å². The summed E-state index contributed by atoms with van der Waals surface area (Å²) < 4.78 is 7.60. The normalized spacial score (nSPS) is 18.1. The number of carbonyl (C=O) groups is 1. The largest absolute Gasteiger partial charge is 0.488 e. The van der Waals surface area contributed by atoms with Gasteiger partial charge in [-0.15, -0.1) is 0 Å². The monoisotopic (exact) mass is 348 g/mol. The van der Waals surface area contributed by atoms with Gasteiger partial charge in [-0.3, -0.25) is 0 Å². The molecule has 1 aromatic heterocycles. The summed E-state index contributed by atoms with van der Waals surface area (Å²) in [6.07, 6.45) is 1.54. The molecule has 2 N–H and O–H groups in total. The first-order valence-corrected chi connectivity index (χ1v) is 8.56. The zero-order valence-corrected chi connectivity index (χ0v) is 14.6. The number of nitrogens with one attached hydrogen (secondary N) is 2. The van der Waals surface area contributed by atoms with Gasteiger partial charge in [-0.1, -0.05) is 36.4 Å². The fraction of sp³-hybridized carbons (Fsp3) is 0.200. The topological polar surface area (TPSA) is 68.2 Å². The van der Waals surface area contributed by atoms with Crippen LogP contribution in [0.3, 0.4) is 0 Å². The number of ether oxygens (including phenoxy) is 1. The minimum atomic E-state index is -0.280. The Morgan fingerprint density at radius 1 is 1.12 bits per heavy atom. The van der Waals surface area contributed by atoms with Crippen molar-refractivity contribution >= 4 is 11.7 Å². The Morgan fingerprint density at radius 3 is 2.65 bits per heavy atom. The Kier molecular flexibility index (Phi) is 4.08. The third-order valence-corrected chi connectivity index (χ3v) is 4.58. The van der Waals surface area contributed by atoms with Crippen molar-refractivity contribution in [1.29, 1.82) is 0 Å². The fourth-order valence-electron chi connectivity index (χ4n) is 3.22. The zero-order chi connectivity index (χ0) is 18.1. The van der Waals surface area contributed by atoms with Crippen molar-refractivity contribution in [3.05, 3.63) is 72.1 Å². The first kappa shape index (κ1) is 16.2. The summed E-state index contributed by atoms with van der Waals surface area (Å²) in [7, 11) is 0. The first-order valence-electron chi connectivity index (χ1n) is 8.56. The Balaban J connectivity index is 1.49. The summed E-state index contributed by atoms with van der Waals surface area (Å²) >= 11 is 0. The number of rotatable bonds is 3. The quantitative estimate of drug-likeness (QED) is 0.756. The van der Waals surface area contributed by atoms with Gasteiger partial charge >= 0.3 is 6.03 Å². The van der Waals surface area contributed by atoms with Gasteiger partial charge in [0.15, 0.2) is 0 Å². The maximum absolute atomic E-state index is 12.5. The minimum Gasteiger partial charge on any atom is -0.488 e. The smallest absolute Gasteiger partial charge is 0.319 e. The van der Waals surface area contributed by atoms with Gasteiger partial charge in [0.25, 0.3) is 0 Å². The van der Waals surface area contributed by atoms with E-state index in [0.29, 0.717) is 5.69 Å². The highest BCUT2D eigenvalue weighted by molar-refractivity contribution is 5.90. The van der Waals surface area contributed by atoms with Crippen LogP contribution in [-0.4, -0.2) is 21.9 Å². The lowest BCUT2D eigenvalue weighted by molar-refractivity contribution is 0.204. The third kappa shape index (κ3) is 2.90. The molecule has 0 spiro atoms. The van der Waals surface area contributed by atoms with Gasteiger partial charge in [0.2, 0.25) is 0 Å². The van der Waals surface area contributed by atoms with Crippen molar-refractivity contribution in [1.82, 2.24) is 15.1 Å². The highest BCUT2D eigenvalue weighted by atomic mass is 16.5. The molecule has 0 aliphatic carbocycles. The first-order chi connectivity index (χ1) is 12.6. The molecule has 0 fully saturated rings. The van der Waals surface area contributed by atoms with Gasteiger partial charge in [-0.25, -0.2) is 9.48 Å². The molecule has 3 aromatic rings. The van der Waals surface area contributed by atoms with E-state index in [9.17, 15) is 4.79 Å². The number of benzene rings is 2. The van der Waals surface area contributed by atoms with Gasteiger partial charge in [0.1, 0.15) is 11.9 Å². The Labute approximate surface area is 151 Å². The minimum absolute atomic E-state index is 0.119. The molecule has 6 heteroatoms. The summed E-state index contributed by atoms with van der Waals surface area (Å²) in [6.45, 7) is 3.87. The average molecular weight is 348 g/mol. The van der Waals surface area contributed by atoms with Crippen molar-refractivity contribution in [3.8, 4) is 11.4 Å². The van der Waals surface area contributed by atoms with E-state index in [1.165, 1.54) is 0 Å². The number of fused-ring (bicyclic) bond motifs is 1. The van der Waals surface area contributed by atoms with E-state index in [2.05, 4.69) is 15.7 Å². The number of amides is 2. The van der Waals surface area contributed by atoms with E-state index in [1.54, 1.807) is 10.9 Å². The molecule has 132 valence electrons. The van der Waals surface area contributed by atoms with Crippen molar-refractivity contribution in [2.45, 2.75) is 26.0 Å². The Morgan fingerprint density at radius 2 is 1.85 bits per heavy atom. The predicted molar refractivity (Wildman–Crippen MR) is 99.7 cm³/mol. The summed E-state index contributed by atoms with van der Waals surface area (Å²) in [5, 5.41) is 10.3. The lowest BCUT2D eigenvalue weighted by atomic mass is 10.1.